The van der Waals surface area contributed by atoms with E-state index in [4.69, 9.17) is 0 Å². The van der Waals surface area contributed by atoms with Crippen molar-refractivity contribution in [3.63, 3.8) is 0 Å². The number of carbonyl (C=O) groups is 1. The van der Waals surface area contributed by atoms with E-state index in [0.717, 1.165) is 5.52 Å². The topological polar surface area (TPSA) is 110 Å². The summed E-state index contributed by atoms with van der Waals surface area (Å²) < 4.78 is 0. The number of amides is 1. The average molecular weight is 376 g/mol. The van der Waals surface area contributed by atoms with Gasteiger partial charge in [-0.3, -0.25) is 4.79 Å². The third-order valence-electron chi connectivity index (χ3n) is 4.74. The molecule has 0 spiro atoms. The summed E-state index contributed by atoms with van der Waals surface area (Å²) in [6, 6.07) is 12.6. The number of carbonyl (C=O) groups excluding carboxylic acids is 1. The minimum atomic E-state index is -0.538. The predicted octanol–water partition coefficient (Wildman–Crippen LogP) is 5.40. The van der Waals surface area contributed by atoms with E-state index in [1.807, 2.05) is 39.0 Å². The van der Waals surface area contributed by atoms with Crippen molar-refractivity contribution in [3.05, 3.63) is 47.4 Å². The van der Waals surface area contributed by atoms with E-state index in [9.17, 15) is 14.8 Å². The van der Waals surface area contributed by atoms with E-state index in [-0.39, 0.29) is 17.5 Å². The van der Waals surface area contributed by atoms with Gasteiger partial charge in [0.15, 0.2) is 5.88 Å². The molecule has 0 bridgehead atoms. The van der Waals surface area contributed by atoms with Gasteiger partial charge in [0.05, 0.1) is 11.3 Å². The highest BCUT2D eigenvalue weighted by molar-refractivity contribution is 6.08. The van der Waals surface area contributed by atoms with Crippen molar-refractivity contribution in [2.24, 2.45) is 10.6 Å². The van der Waals surface area contributed by atoms with Gasteiger partial charge in [0, 0.05) is 32.9 Å². The number of hydrogen-bond donors (Lipinski definition) is 4. The van der Waals surface area contributed by atoms with Gasteiger partial charge in [0.1, 0.15) is 5.69 Å². The molecule has 0 saturated carbocycles. The summed E-state index contributed by atoms with van der Waals surface area (Å²) in [6.45, 7) is 5.50. The molecule has 2 aromatic heterocycles. The molecule has 0 aliphatic carbocycles. The van der Waals surface area contributed by atoms with Crippen LogP contribution in [0.15, 0.2) is 47.6 Å². The molecule has 4 aromatic rings. The van der Waals surface area contributed by atoms with Gasteiger partial charge in [-0.05, 0) is 29.4 Å². The van der Waals surface area contributed by atoms with Crippen LogP contribution < -0.4 is 5.32 Å². The molecule has 1 amide bonds. The van der Waals surface area contributed by atoms with Gasteiger partial charge < -0.3 is 20.4 Å². The number of nitrogens with zero attached hydrogens (tertiary/aromatic N) is 1. The molecule has 0 unspecified atom stereocenters. The quantitative estimate of drug-likeness (QED) is 0.359. The minimum absolute atomic E-state index is 0.0780. The highest BCUT2D eigenvalue weighted by Gasteiger charge is 2.23. The third kappa shape index (κ3) is 2.81. The molecule has 4 rings (SSSR count). The van der Waals surface area contributed by atoms with Gasteiger partial charge >= 0.3 is 0 Å². The fourth-order valence-electron chi connectivity index (χ4n) is 3.23. The second kappa shape index (κ2) is 6.23. The van der Waals surface area contributed by atoms with E-state index in [0.29, 0.717) is 33.2 Å². The van der Waals surface area contributed by atoms with Gasteiger partial charge in [-0.15, -0.1) is 4.91 Å². The summed E-state index contributed by atoms with van der Waals surface area (Å²) in [7, 11) is 0. The molecule has 2 heterocycles. The first-order chi connectivity index (χ1) is 13.3. The fraction of sp³-hybridized carbons (Fsp3) is 0.190. The lowest BCUT2D eigenvalue weighted by atomic mass is 9.95. The molecule has 4 N–H and O–H groups in total. The third-order valence-corrected chi connectivity index (χ3v) is 4.74. The number of para-hydroxylation sites is 1. The van der Waals surface area contributed by atoms with Gasteiger partial charge in [-0.1, -0.05) is 39.0 Å². The fourth-order valence-corrected chi connectivity index (χ4v) is 3.23. The minimum Gasteiger partial charge on any atom is -0.494 e. The van der Waals surface area contributed by atoms with Crippen LogP contribution in [0.1, 0.15) is 20.8 Å². The van der Waals surface area contributed by atoms with Crippen LogP contribution in [-0.4, -0.2) is 21.0 Å². The monoisotopic (exact) mass is 376 g/mol. The average Bonchev–Trinajstić information content (AvgIpc) is 3.16. The van der Waals surface area contributed by atoms with Crippen LogP contribution in [0.4, 0.5) is 11.4 Å². The van der Waals surface area contributed by atoms with Crippen molar-refractivity contribution in [2.75, 3.05) is 5.32 Å². The number of hydrogen-bond acceptors (Lipinski definition) is 4. The zero-order chi connectivity index (χ0) is 20.1. The van der Waals surface area contributed by atoms with E-state index >= 15 is 0 Å². The Morgan fingerprint density at radius 1 is 1.04 bits per heavy atom. The molecular weight excluding hydrogens is 356 g/mol. The molecular formula is C21H20N4O3. The maximum absolute atomic E-state index is 12.3. The number of aromatic hydroxyl groups is 1. The Morgan fingerprint density at radius 3 is 2.46 bits per heavy atom. The lowest BCUT2D eigenvalue weighted by Gasteiger charge is -2.17. The largest absolute Gasteiger partial charge is 0.494 e. The smallest absolute Gasteiger partial charge is 0.229 e. The molecule has 0 atom stereocenters. The van der Waals surface area contributed by atoms with Crippen LogP contribution in [0, 0.1) is 10.3 Å². The maximum atomic E-state index is 12.3. The van der Waals surface area contributed by atoms with E-state index in [1.54, 1.807) is 24.3 Å². The molecule has 0 saturated heterocycles. The summed E-state index contributed by atoms with van der Waals surface area (Å²) >= 11 is 0. The van der Waals surface area contributed by atoms with Crippen molar-refractivity contribution in [3.8, 4) is 17.1 Å². The van der Waals surface area contributed by atoms with Gasteiger partial charge in [-0.25, -0.2) is 0 Å². The molecule has 0 aliphatic rings. The number of nitroso groups, excluding NO2 is 1. The Morgan fingerprint density at radius 2 is 1.75 bits per heavy atom. The molecule has 0 aliphatic heterocycles. The van der Waals surface area contributed by atoms with E-state index in [1.165, 1.54) is 0 Å². The summed E-state index contributed by atoms with van der Waals surface area (Å²) in [6.07, 6.45) is 0. The second-order valence-corrected chi connectivity index (χ2v) is 7.80. The Hall–Kier alpha value is -3.61. The molecule has 2 aromatic carbocycles. The number of benzene rings is 2. The summed E-state index contributed by atoms with van der Waals surface area (Å²) in [5.74, 6) is -0.195. The molecule has 142 valence electrons. The van der Waals surface area contributed by atoms with Gasteiger partial charge in [0.25, 0.3) is 0 Å². The zero-order valence-electron chi connectivity index (χ0n) is 15.8. The number of rotatable bonds is 3. The summed E-state index contributed by atoms with van der Waals surface area (Å²) in [5, 5.41) is 18.0. The summed E-state index contributed by atoms with van der Waals surface area (Å²) in [4.78, 5) is 30.0. The lowest BCUT2D eigenvalue weighted by Crippen LogP contribution is -2.27. The Bertz CT molecular complexity index is 1230. The zero-order valence-corrected chi connectivity index (χ0v) is 15.8. The molecule has 0 radical (unpaired) electrons. The lowest BCUT2D eigenvalue weighted by molar-refractivity contribution is -0.123. The van der Waals surface area contributed by atoms with Crippen LogP contribution in [0.2, 0.25) is 0 Å². The second-order valence-electron chi connectivity index (χ2n) is 7.80. The number of H-pyrrole nitrogens is 2. The van der Waals surface area contributed by atoms with Crippen molar-refractivity contribution in [1.82, 2.24) is 9.97 Å². The number of fused-ring (bicyclic) bond motifs is 2. The molecule has 0 fully saturated rings. The van der Waals surface area contributed by atoms with Crippen molar-refractivity contribution < 1.29 is 9.90 Å². The first-order valence-corrected chi connectivity index (χ1v) is 8.90. The first kappa shape index (κ1) is 17.8. The summed E-state index contributed by atoms with van der Waals surface area (Å²) in [5.41, 5.74) is 2.59. The molecule has 7 heteroatoms. The van der Waals surface area contributed by atoms with Crippen LogP contribution >= 0.6 is 0 Å². The number of nitrogens with one attached hydrogen (secondary N) is 3. The number of aromatic amines is 2. The van der Waals surface area contributed by atoms with Crippen molar-refractivity contribution in [1.29, 1.82) is 0 Å². The van der Waals surface area contributed by atoms with Crippen molar-refractivity contribution in [2.45, 2.75) is 20.8 Å². The van der Waals surface area contributed by atoms with Gasteiger partial charge in [0.2, 0.25) is 5.91 Å². The maximum Gasteiger partial charge on any atom is 0.229 e. The Kier molecular flexibility index (Phi) is 3.96. The van der Waals surface area contributed by atoms with Crippen LogP contribution in [-0.2, 0) is 4.79 Å². The van der Waals surface area contributed by atoms with E-state index < -0.39 is 5.41 Å². The normalized spacial score (nSPS) is 11.8. The van der Waals surface area contributed by atoms with E-state index in [2.05, 4.69) is 20.5 Å². The first-order valence-electron chi connectivity index (χ1n) is 8.90. The SMILES string of the molecule is CC(C)(C)C(=O)Nc1ccc2[nH]c(O)c(-c3[nH]c4ccccc4c3N=O)c2c1. The number of anilines is 1. The molecule has 28 heavy (non-hydrogen) atoms. The number of aromatic nitrogens is 2. The van der Waals surface area contributed by atoms with Crippen LogP contribution in [0.3, 0.4) is 0 Å². The highest BCUT2D eigenvalue weighted by Crippen LogP contribution is 2.44. The predicted molar refractivity (Wildman–Crippen MR) is 111 cm³/mol. The Labute approximate surface area is 160 Å². The Balaban J connectivity index is 1.90. The van der Waals surface area contributed by atoms with Crippen LogP contribution in [0.25, 0.3) is 33.1 Å². The van der Waals surface area contributed by atoms with Crippen molar-refractivity contribution >= 4 is 39.1 Å². The standard InChI is InChI=1S/C21H20N4O3/c1-21(2,3)20(27)22-11-8-9-15-13(10-11)16(19(26)24-15)18-17(25-28)12-6-4-5-7-14(12)23-18/h4-10,23-24,26H,1-3H3,(H,22,27). The van der Waals surface area contributed by atoms with Gasteiger partial charge in [-0.2, -0.15) is 0 Å². The van der Waals surface area contributed by atoms with Crippen LogP contribution in [0.5, 0.6) is 5.88 Å². The molecule has 7 nitrogen and oxygen atoms in total. The highest BCUT2D eigenvalue weighted by atomic mass is 16.3.